The number of allylic oxidation sites excluding steroid dienone is 2. The second kappa shape index (κ2) is 5.82. The number of ketones is 2. The van der Waals surface area contributed by atoms with Crippen LogP contribution in [0.3, 0.4) is 0 Å². The van der Waals surface area contributed by atoms with E-state index in [2.05, 4.69) is 5.32 Å². The van der Waals surface area contributed by atoms with Gasteiger partial charge in [-0.2, -0.15) is 0 Å². The average molecular weight is 326 g/mol. The van der Waals surface area contributed by atoms with Crippen LogP contribution in [0, 0.1) is 0 Å². The van der Waals surface area contributed by atoms with Crippen LogP contribution >= 0.6 is 11.6 Å². The first kappa shape index (κ1) is 15.2. The van der Waals surface area contributed by atoms with Crippen LogP contribution in [0.4, 0.5) is 0 Å². The lowest BCUT2D eigenvalue weighted by Crippen LogP contribution is -2.32. The summed E-state index contributed by atoms with van der Waals surface area (Å²) >= 11 is 6.00. The van der Waals surface area contributed by atoms with Crippen LogP contribution in [0.5, 0.6) is 0 Å². The Balaban J connectivity index is 2.28. The maximum Gasteiger partial charge on any atom is 0.221 e. The van der Waals surface area contributed by atoms with Crippen LogP contribution in [0.15, 0.2) is 54.2 Å². The number of hydrogen-bond acceptors (Lipinski definition) is 3. The molecule has 0 spiro atoms. The van der Waals surface area contributed by atoms with E-state index in [1.54, 1.807) is 48.5 Å². The van der Waals surface area contributed by atoms with Gasteiger partial charge in [-0.05, 0) is 17.7 Å². The van der Waals surface area contributed by atoms with Crippen LogP contribution in [-0.4, -0.2) is 17.5 Å². The van der Waals surface area contributed by atoms with E-state index in [-0.39, 0.29) is 28.4 Å². The first-order valence-corrected chi connectivity index (χ1v) is 7.33. The van der Waals surface area contributed by atoms with Crippen LogP contribution in [0.25, 0.3) is 5.57 Å². The average Bonchev–Trinajstić information content (AvgIpc) is 2.52. The summed E-state index contributed by atoms with van der Waals surface area (Å²) in [7, 11) is 0. The number of hydrogen-bond donors (Lipinski definition) is 1. The molecule has 1 aliphatic carbocycles. The highest BCUT2D eigenvalue weighted by Gasteiger charge is 2.33. The maximum absolute atomic E-state index is 12.9. The highest BCUT2D eigenvalue weighted by molar-refractivity contribution is 6.41. The Morgan fingerprint density at radius 3 is 2.22 bits per heavy atom. The topological polar surface area (TPSA) is 63.2 Å². The molecule has 5 heteroatoms. The van der Waals surface area contributed by atoms with Gasteiger partial charge in [0.05, 0.1) is 5.57 Å². The second-order valence-electron chi connectivity index (χ2n) is 5.15. The summed E-state index contributed by atoms with van der Waals surface area (Å²) < 4.78 is 0. The van der Waals surface area contributed by atoms with E-state index in [1.807, 2.05) is 0 Å². The number of rotatable bonds is 2. The van der Waals surface area contributed by atoms with Gasteiger partial charge < -0.3 is 5.32 Å². The van der Waals surface area contributed by atoms with Gasteiger partial charge in [-0.25, -0.2) is 0 Å². The lowest BCUT2D eigenvalue weighted by atomic mass is 9.84. The highest BCUT2D eigenvalue weighted by atomic mass is 35.5. The van der Waals surface area contributed by atoms with Crippen molar-refractivity contribution >= 4 is 34.6 Å². The highest BCUT2D eigenvalue weighted by Crippen LogP contribution is 2.32. The van der Waals surface area contributed by atoms with Crippen LogP contribution in [0.1, 0.15) is 33.2 Å². The lowest BCUT2D eigenvalue weighted by Gasteiger charge is -2.21. The SMILES string of the molecule is CC(=O)NC1=C(c2cccc(Cl)c2)C(=O)c2ccccc2C1=O. The summed E-state index contributed by atoms with van der Waals surface area (Å²) in [6.45, 7) is 1.29. The molecule has 2 aromatic carbocycles. The molecule has 0 radical (unpaired) electrons. The summed E-state index contributed by atoms with van der Waals surface area (Å²) in [5.41, 5.74) is 1.25. The molecule has 3 rings (SSSR count). The van der Waals surface area contributed by atoms with Crippen LogP contribution in [0.2, 0.25) is 5.02 Å². The monoisotopic (exact) mass is 325 g/mol. The first-order valence-electron chi connectivity index (χ1n) is 6.95. The largest absolute Gasteiger partial charge is 0.322 e. The fraction of sp³-hybridized carbons (Fsp3) is 0.0556. The van der Waals surface area contributed by atoms with Crippen molar-refractivity contribution in [2.75, 3.05) is 0 Å². The van der Waals surface area contributed by atoms with Crippen molar-refractivity contribution in [2.24, 2.45) is 0 Å². The van der Waals surface area contributed by atoms with Crippen molar-refractivity contribution < 1.29 is 14.4 Å². The van der Waals surface area contributed by atoms with E-state index in [9.17, 15) is 14.4 Å². The Hall–Kier alpha value is -2.72. The molecule has 0 aromatic heterocycles. The predicted octanol–water partition coefficient (Wildman–Crippen LogP) is 3.27. The zero-order chi connectivity index (χ0) is 16.6. The molecule has 0 heterocycles. The molecule has 2 aromatic rings. The molecule has 114 valence electrons. The smallest absolute Gasteiger partial charge is 0.221 e. The van der Waals surface area contributed by atoms with Gasteiger partial charge in [0.2, 0.25) is 11.7 Å². The van der Waals surface area contributed by atoms with Gasteiger partial charge in [0.25, 0.3) is 0 Å². The minimum Gasteiger partial charge on any atom is -0.322 e. The molecule has 23 heavy (non-hydrogen) atoms. The van der Waals surface area contributed by atoms with Gasteiger partial charge >= 0.3 is 0 Å². The molecule has 0 aliphatic heterocycles. The van der Waals surface area contributed by atoms with Gasteiger partial charge in [0, 0.05) is 23.1 Å². The number of fused-ring (bicyclic) bond motifs is 1. The maximum atomic E-state index is 12.9. The first-order chi connectivity index (χ1) is 11.0. The van der Waals surface area contributed by atoms with E-state index in [0.29, 0.717) is 16.1 Å². The van der Waals surface area contributed by atoms with Gasteiger partial charge in [-0.1, -0.05) is 48.0 Å². The normalized spacial score (nSPS) is 13.8. The standard InChI is InChI=1S/C18H12ClNO3/c1-10(21)20-16-15(11-5-4-6-12(19)9-11)17(22)13-7-2-3-8-14(13)18(16)23/h2-9H,1H3,(H,20,21). The predicted molar refractivity (Wildman–Crippen MR) is 87.3 cm³/mol. The number of nitrogens with one attached hydrogen (secondary N) is 1. The Kier molecular flexibility index (Phi) is 3.84. The molecule has 0 unspecified atom stereocenters. The Morgan fingerprint density at radius 2 is 1.61 bits per heavy atom. The molecular weight excluding hydrogens is 314 g/mol. The number of carbonyl (C=O) groups excluding carboxylic acids is 3. The summed E-state index contributed by atoms with van der Waals surface area (Å²) in [5.74, 6) is -1.11. The third-order valence-corrected chi connectivity index (χ3v) is 3.77. The third-order valence-electron chi connectivity index (χ3n) is 3.53. The Bertz CT molecular complexity index is 883. The molecule has 0 fully saturated rings. The van der Waals surface area contributed by atoms with E-state index in [1.165, 1.54) is 6.92 Å². The molecule has 4 nitrogen and oxygen atoms in total. The van der Waals surface area contributed by atoms with Crippen molar-refractivity contribution in [2.45, 2.75) is 6.92 Å². The minimum atomic E-state index is -0.417. The Labute approximate surface area is 137 Å². The molecule has 1 amide bonds. The van der Waals surface area contributed by atoms with Crippen LogP contribution in [-0.2, 0) is 4.79 Å². The van der Waals surface area contributed by atoms with E-state index in [4.69, 9.17) is 11.6 Å². The summed E-state index contributed by atoms with van der Waals surface area (Å²) in [5, 5.41) is 2.94. The van der Waals surface area contributed by atoms with Gasteiger partial charge in [-0.15, -0.1) is 0 Å². The Morgan fingerprint density at radius 1 is 0.957 bits per heavy atom. The van der Waals surface area contributed by atoms with Gasteiger partial charge in [0.15, 0.2) is 5.78 Å². The van der Waals surface area contributed by atoms with Crippen molar-refractivity contribution in [3.63, 3.8) is 0 Å². The second-order valence-corrected chi connectivity index (χ2v) is 5.58. The molecule has 0 atom stereocenters. The number of halogens is 1. The summed E-state index contributed by atoms with van der Waals surface area (Å²) in [6, 6.07) is 13.2. The van der Waals surface area contributed by atoms with E-state index < -0.39 is 5.91 Å². The zero-order valence-corrected chi connectivity index (χ0v) is 13.0. The van der Waals surface area contributed by atoms with E-state index in [0.717, 1.165) is 0 Å². The van der Waals surface area contributed by atoms with Crippen molar-refractivity contribution in [1.29, 1.82) is 0 Å². The van der Waals surface area contributed by atoms with Gasteiger partial charge in [0.1, 0.15) is 5.70 Å². The fourth-order valence-corrected chi connectivity index (χ4v) is 2.78. The zero-order valence-electron chi connectivity index (χ0n) is 12.2. The molecule has 0 saturated heterocycles. The number of amides is 1. The minimum absolute atomic E-state index is 0.0107. The lowest BCUT2D eigenvalue weighted by molar-refractivity contribution is -0.118. The molecular formula is C18H12ClNO3. The quantitative estimate of drug-likeness (QED) is 0.921. The molecule has 1 aliphatic rings. The molecule has 0 saturated carbocycles. The fourth-order valence-electron chi connectivity index (χ4n) is 2.59. The molecule has 1 N–H and O–H groups in total. The summed E-state index contributed by atoms with van der Waals surface area (Å²) in [4.78, 5) is 37.1. The van der Waals surface area contributed by atoms with Crippen molar-refractivity contribution in [3.8, 4) is 0 Å². The van der Waals surface area contributed by atoms with Crippen LogP contribution < -0.4 is 5.32 Å². The van der Waals surface area contributed by atoms with Gasteiger partial charge in [-0.3, -0.25) is 14.4 Å². The van der Waals surface area contributed by atoms with Crippen molar-refractivity contribution in [1.82, 2.24) is 5.32 Å². The van der Waals surface area contributed by atoms with Crippen molar-refractivity contribution in [3.05, 3.63) is 75.9 Å². The van der Waals surface area contributed by atoms with E-state index >= 15 is 0 Å². The number of benzene rings is 2. The summed E-state index contributed by atoms with van der Waals surface area (Å²) in [6.07, 6.45) is 0. The number of carbonyl (C=O) groups is 3. The number of Topliss-reactive ketones (excluding diaryl/α,β-unsaturated/α-hetero) is 2. The molecule has 0 bridgehead atoms. The third kappa shape index (κ3) is 2.69.